The van der Waals surface area contributed by atoms with Crippen molar-refractivity contribution in [3.05, 3.63) is 54.1 Å². The lowest BCUT2D eigenvalue weighted by atomic mass is 9.95. The van der Waals surface area contributed by atoms with E-state index in [1.807, 2.05) is 58.1 Å². The van der Waals surface area contributed by atoms with Gasteiger partial charge in [-0.3, -0.25) is 9.59 Å². The minimum Gasteiger partial charge on any atom is -0.375 e. The highest BCUT2D eigenvalue weighted by molar-refractivity contribution is 6.00. The lowest BCUT2D eigenvalue weighted by Gasteiger charge is -2.32. The number of fused-ring (bicyclic) bond motifs is 5. The fourth-order valence-electron chi connectivity index (χ4n) is 5.18. The van der Waals surface area contributed by atoms with Gasteiger partial charge in [0.15, 0.2) is 0 Å². The summed E-state index contributed by atoms with van der Waals surface area (Å²) in [6.45, 7) is 19.0. The van der Waals surface area contributed by atoms with Crippen LogP contribution in [0.25, 0.3) is 22.5 Å². The summed E-state index contributed by atoms with van der Waals surface area (Å²) in [5, 5.41) is 12.0. The van der Waals surface area contributed by atoms with Crippen molar-refractivity contribution in [3.8, 4) is 22.5 Å². The summed E-state index contributed by atoms with van der Waals surface area (Å²) in [6.07, 6.45) is 1.71. The van der Waals surface area contributed by atoms with E-state index in [1.54, 1.807) is 0 Å². The molecule has 0 bridgehead atoms. The molecule has 44 heavy (non-hydrogen) atoms. The molecule has 0 fully saturated rings. The molecule has 4 rings (SSSR count). The number of nitrogens with one attached hydrogen (secondary N) is 1. The van der Waals surface area contributed by atoms with Crippen molar-refractivity contribution in [1.29, 1.82) is 0 Å². The summed E-state index contributed by atoms with van der Waals surface area (Å²) in [4.78, 5) is 26.8. The summed E-state index contributed by atoms with van der Waals surface area (Å²) in [6, 6.07) is 15.9. The molecular weight excluding hydrogens is 554 g/mol. The standard InChI is InChI=1S/C35H49N5O4/c1-25(41)36-20-17-30(42)39-23-26-13-9-10-14-27(26)31-32(28-15-11-12-16-29(28)39)40(38-37-31)21-18-34(5,6)43-22-19-35(7,8)44-24-33(2,3)4/h9-16H,17-24H2,1-8H3,(H,36,41). The molecular formula is C35H49N5O4. The van der Waals surface area contributed by atoms with Crippen molar-refractivity contribution in [2.75, 3.05) is 24.7 Å². The second-order valence-corrected chi connectivity index (χ2v) is 14.1. The summed E-state index contributed by atoms with van der Waals surface area (Å²) in [7, 11) is 0. The van der Waals surface area contributed by atoms with Gasteiger partial charge in [-0.1, -0.05) is 68.4 Å². The number of hydrogen-bond acceptors (Lipinski definition) is 6. The van der Waals surface area contributed by atoms with Gasteiger partial charge in [0.05, 0.1) is 42.3 Å². The van der Waals surface area contributed by atoms with Gasteiger partial charge in [-0.05, 0) is 57.6 Å². The Morgan fingerprint density at radius 2 is 1.55 bits per heavy atom. The fourth-order valence-corrected chi connectivity index (χ4v) is 5.18. The van der Waals surface area contributed by atoms with E-state index in [9.17, 15) is 9.59 Å². The number of anilines is 1. The quantitative estimate of drug-likeness (QED) is 0.257. The van der Waals surface area contributed by atoms with Crippen LogP contribution in [0.4, 0.5) is 5.69 Å². The van der Waals surface area contributed by atoms with Crippen molar-refractivity contribution in [3.63, 3.8) is 0 Å². The third kappa shape index (κ3) is 8.76. The number of rotatable bonds is 12. The number of aryl methyl sites for hydroxylation is 1. The summed E-state index contributed by atoms with van der Waals surface area (Å²) in [5.74, 6) is -0.215. The third-order valence-electron chi connectivity index (χ3n) is 7.82. The average Bonchev–Trinajstić information content (AvgIpc) is 3.35. The van der Waals surface area contributed by atoms with Gasteiger partial charge in [-0.25, -0.2) is 4.68 Å². The Bertz CT molecular complexity index is 1450. The van der Waals surface area contributed by atoms with Crippen LogP contribution in [0.5, 0.6) is 0 Å². The van der Waals surface area contributed by atoms with Crippen molar-refractivity contribution < 1.29 is 19.1 Å². The van der Waals surface area contributed by atoms with Crippen molar-refractivity contribution in [1.82, 2.24) is 20.3 Å². The Kier molecular flexibility index (Phi) is 10.3. The van der Waals surface area contributed by atoms with E-state index in [-0.39, 0.29) is 35.8 Å². The highest BCUT2D eigenvalue weighted by Gasteiger charge is 2.30. The Balaban J connectivity index is 1.57. The molecule has 3 aromatic rings. The van der Waals surface area contributed by atoms with Crippen LogP contribution >= 0.6 is 0 Å². The van der Waals surface area contributed by atoms with Gasteiger partial charge in [0.1, 0.15) is 5.69 Å². The van der Waals surface area contributed by atoms with E-state index in [2.05, 4.69) is 64.1 Å². The monoisotopic (exact) mass is 603 g/mol. The van der Waals surface area contributed by atoms with Crippen LogP contribution in [0, 0.1) is 5.41 Å². The number of carbonyl (C=O) groups is 2. The largest absolute Gasteiger partial charge is 0.375 e. The second kappa shape index (κ2) is 13.6. The first-order valence-electron chi connectivity index (χ1n) is 15.6. The smallest absolute Gasteiger partial charge is 0.229 e. The maximum atomic E-state index is 13.6. The molecule has 0 radical (unpaired) electrons. The first-order valence-corrected chi connectivity index (χ1v) is 15.6. The van der Waals surface area contributed by atoms with Crippen molar-refractivity contribution >= 4 is 17.5 Å². The molecule has 9 nitrogen and oxygen atoms in total. The van der Waals surface area contributed by atoms with Gasteiger partial charge in [-0.15, -0.1) is 5.10 Å². The molecule has 0 aliphatic carbocycles. The Labute approximate surface area is 262 Å². The van der Waals surface area contributed by atoms with Crippen LogP contribution in [0.2, 0.25) is 0 Å². The van der Waals surface area contributed by atoms with Gasteiger partial charge in [-0.2, -0.15) is 0 Å². The van der Waals surface area contributed by atoms with Gasteiger partial charge >= 0.3 is 0 Å². The number of aromatic nitrogens is 3. The normalized spacial score (nSPS) is 13.4. The molecule has 0 saturated heterocycles. The molecule has 1 aromatic heterocycles. The van der Waals surface area contributed by atoms with Crippen LogP contribution in [0.15, 0.2) is 48.5 Å². The number of nitrogens with zero attached hydrogens (tertiary/aromatic N) is 4. The van der Waals surface area contributed by atoms with Gasteiger partial charge in [0.2, 0.25) is 11.8 Å². The number of amides is 2. The molecule has 0 spiro atoms. The number of para-hydroxylation sites is 1. The predicted octanol–water partition coefficient (Wildman–Crippen LogP) is 6.40. The zero-order chi connectivity index (χ0) is 32.1. The Hall–Kier alpha value is -3.56. The van der Waals surface area contributed by atoms with Crippen LogP contribution in [0.1, 0.15) is 80.2 Å². The zero-order valence-corrected chi connectivity index (χ0v) is 27.7. The Morgan fingerprint density at radius 1 is 0.886 bits per heavy atom. The summed E-state index contributed by atoms with van der Waals surface area (Å²) >= 11 is 0. The molecule has 0 saturated carbocycles. The van der Waals surface area contributed by atoms with Crippen LogP contribution in [0.3, 0.4) is 0 Å². The number of carbonyl (C=O) groups excluding carboxylic acids is 2. The molecule has 9 heteroatoms. The van der Waals surface area contributed by atoms with E-state index < -0.39 is 5.60 Å². The molecule has 1 aliphatic rings. The average molecular weight is 604 g/mol. The Morgan fingerprint density at radius 3 is 2.25 bits per heavy atom. The van der Waals surface area contributed by atoms with E-state index in [4.69, 9.17) is 9.47 Å². The van der Waals surface area contributed by atoms with Crippen LogP contribution in [-0.4, -0.2) is 57.8 Å². The number of benzene rings is 2. The van der Waals surface area contributed by atoms with Crippen LogP contribution < -0.4 is 10.2 Å². The highest BCUT2D eigenvalue weighted by atomic mass is 16.5. The molecule has 2 aromatic carbocycles. The first kappa shape index (κ1) is 33.3. The number of ether oxygens (including phenoxy) is 2. The minimum atomic E-state index is -0.399. The van der Waals surface area contributed by atoms with E-state index in [1.165, 1.54) is 6.92 Å². The lowest BCUT2D eigenvalue weighted by Crippen LogP contribution is -2.35. The van der Waals surface area contributed by atoms with E-state index >= 15 is 0 Å². The first-order chi connectivity index (χ1) is 20.7. The molecule has 1 aliphatic heterocycles. The maximum Gasteiger partial charge on any atom is 0.229 e. The summed E-state index contributed by atoms with van der Waals surface area (Å²) < 4.78 is 14.5. The van der Waals surface area contributed by atoms with Gasteiger partial charge in [0.25, 0.3) is 0 Å². The maximum absolute atomic E-state index is 13.6. The molecule has 238 valence electrons. The topological polar surface area (TPSA) is 98.6 Å². The SMILES string of the molecule is CC(=O)NCCC(=O)N1Cc2ccccc2-c2nnn(CCC(C)(C)OCCC(C)(C)OCC(C)(C)C)c2-c2ccccc21. The molecule has 2 amide bonds. The predicted molar refractivity (Wildman–Crippen MR) is 174 cm³/mol. The van der Waals surface area contributed by atoms with Gasteiger partial charge in [0, 0.05) is 37.6 Å². The third-order valence-corrected chi connectivity index (χ3v) is 7.82. The minimum absolute atomic E-state index is 0.0626. The van der Waals surface area contributed by atoms with Crippen LogP contribution in [-0.2, 0) is 32.2 Å². The molecule has 2 heterocycles. The van der Waals surface area contributed by atoms with Gasteiger partial charge < -0.3 is 19.7 Å². The lowest BCUT2D eigenvalue weighted by molar-refractivity contribution is -0.120. The highest BCUT2D eigenvalue weighted by Crippen LogP contribution is 2.41. The molecule has 0 atom stereocenters. The second-order valence-electron chi connectivity index (χ2n) is 14.1. The van der Waals surface area contributed by atoms with Crippen molar-refractivity contribution in [2.45, 2.75) is 98.9 Å². The number of hydrogen-bond donors (Lipinski definition) is 1. The molecule has 0 unspecified atom stereocenters. The fraction of sp³-hybridized carbons (Fsp3) is 0.543. The zero-order valence-electron chi connectivity index (χ0n) is 27.7. The van der Waals surface area contributed by atoms with Crippen molar-refractivity contribution in [2.24, 2.45) is 5.41 Å². The van der Waals surface area contributed by atoms with E-state index in [0.29, 0.717) is 26.3 Å². The molecule has 1 N–H and O–H groups in total. The van der Waals surface area contributed by atoms with E-state index in [0.717, 1.165) is 46.6 Å². The summed E-state index contributed by atoms with van der Waals surface area (Å²) in [5.41, 5.74) is 4.76.